The molecule has 0 spiro atoms. The van der Waals surface area contributed by atoms with Crippen LogP contribution in [0.5, 0.6) is 0 Å². The fourth-order valence-corrected chi connectivity index (χ4v) is 6.20. The molecule has 2 aromatic rings. The number of hydrogen-bond donors (Lipinski definition) is 0. The molecule has 0 saturated heterocycles. The third-order valence-electron chi connectivity index (χ3n) is 6.05. The van der Waals surface area contributed by atoms with Gasteiger partial charge in [-0.2, -0.15) is 18.5 Å². The Balaban J connectivity index is -0.000000552. The summed E-state index contributed by atoms with van der Waals surface area (Å²) in [7, 11) is -2.92. The van der Waals surface area contributed by atoms with Crippen LogP contribution < -0.4 is 18.9 Å². The van der Waals surface area contributed by atoms with E-state index in [4.69, 9.17) is 12.6 Å². The van der Waals surface area contributed by atoms with Crippen LogP contribution in [0, 0.1) is 30.6 Å². The molecule has 236 valence electrons. The Labute approximate surface area is 296 Å². The van der Waals surface area contributed by atoms with Crippen LogP contribution in [0.1, 0.15) is 81.1 Å². The van der Waals surface area contributed by atoms with Crippen molar-refractivity contribution in [1.29, 1.82) is 0 Å². The Kier molecular flexibility index (Phi) is 35.0. The van der Waals surface area contributed by atoms with E-state index in [1.165, 1.54) is 62.1 Å². The van der Waals surface area contributed by atoms with E-state index >= 15 is 0 Å². The summed E-state index contributed by atoms with van der Waals surface area (Å²) >= 11 is 9.40. The fourth-order valence-electron chi connectivity index (χ4n) is 2.28. The molecule has 2 rings (SSSR count). The molecule has 0 saturated carbocycles. The quantitative estimate of drug-likeness (QED) is 0.117. The molecule has 2 aromatic carbocycles. The van der Waals surface area contributed by atoms with E-state index < -0.39 is 19.5 Å². The fraction of sp³-hybridized carbons (Fsp3) is 0.594. The van der Waals surface area contributed by atoms with Gasteiger partial charge in [0.1, 0.15) is 0 Å². The molecular formula is C32H52BrLiO3S5. The molecule has 0 radical (unpaired) electrons. The minimum Gasteiger partial charge on any atom is -0.341 e. The van der Waals surface area contributed by atoms with E-state index in [1.54, 1.807) is 0 Å². The third kappa shape index (κ3) is 30.4. The normalized spacial score (nSPS) is 12.7. The van der Waals surface area contributed by atoms with Crippen molar-refractivity contribution in [3.05, 3.63) is 59.9 Å². The number of benzene rings is 2. The van der Waals surface area contributed by atoms with E-state index in [2.05, 4.69) is 127 Å². The molecule has 10 heteroatoms. The second-order valence-corrected chi connectivity index (χ2v) is 16.2. The summed E-state index contributed by atoms with van der Waals surface area (Å²) in [5.41, 5.74) is 0. The summed E-state index contributed by atoms with van der Waals surface area (Å²) in [6.45, 7) is 21.7. The zero-order valence-corrected chi connectivity index (χ0v) is 32.9. The standard InChI is InChI=1S/C16H26S2.C11H15BrS.C5H11.Li.O3S2/c1-5-13(3)11-17-15-8-7-9-16(10-15)18-12-14(4)6-2;1-3-9(2)8-13-11-6-4-5-10(12)7-11;1-4-5(2)3;;1-4-5(2)3/h7-10,13-14H,5-6,11-12H2,1-4H3;4-7,9H,3,8H2,1-2H3;5H,2,4H2,1,3H3;;/q;;-1;+1;. The smallest absolute Gasteiger partial charge is 0.341 e. The molecule has 0 bridgehead atoms. The first-order chi connectivity index (χ1) is 19.4. The number of hydrogen-bond acceptors (Lipinski definition) is 6. The van der Waals surface area contributed by atoms with E-state index in [9.17, 15) is 0 Å². The Bertz CT molecular complexity index is 1040. The van der Waals surface area contributed by atoms with E-state index in [0.717, 1.165) is 17.8 Å². The molecule has 0 N–H and O–H groups in total. The zero-order chi connectivity index (χ0) is 31.6. The van der Waals surface area contributed by atoms with Gasteiger partial charge in [-0.3, -0.25) is 0 Å². The SMILES string of the molecule is CCC(C)CSc1cccc(Br)c1.CCC(C)CSc1cccc(SCC(C)CC)c1.O=S=S(=O)=O.[CH2-]C(C)CC.[Li+]. The maximum atomic E-state index is 9.02. The number of thioether (sulfide) groups is 3. The predicted molar refractivity (Wildman–Crippen MR) is 193 cm³/mol. The van der Waals surface area contributed by atoms with E-state index in [1.807, 2.05) is 35.3 Å². The first-order valence-electron chi connectivity index (χ1n) is 14.4. The van der Waals surface area contributed by atoms with Crippen molar-refractivity contribution in [2.75, 3.05) is 17.3 Å². The van der Waals surface area contributed by atoms with Gasteiger partial charge < -0.3 is 6.92 Å². The molecular weight excluding hydrogens is 680 g/mol. The Hall–Kier alpha value is 0.407. The second kappa shape index (κ2) is 31.4. The summed E-state index contributed by atoms with van der Waals surface area (Å²) in [4.78, 5) is 4.20. The molecule has 0 aliphatic heterocycles. The van der Waals surface area contributed by atoms with Gasteiger partial charge in [-0.1, -0.05) is 109 Å². The Morgan fingerprint density at radius 3 is 1.26 bits per heavy atom. The van der Waals surface area contributed by atoms with Gasteiger partial charge in [0.25, 0.3) is 0 Å². The minimum absolute atomic E-state index is 0. The van der Waals surface area contributed by atoms with Crippen LogP contribution in [-0.2, 0) is 19.5 Å². The van der Waals surface area contributed by atoms with Gasteiger partial charge in [-0.15, -0.1) is 35.3 Å². The topological polar surface area (TPSA) is 51.2 Å². The zero-order valence-electron chi connectivity index (χ0n) is 27.2. The van der Waals surface area contributed by atoms with Crippen molar-refractivity contribution >= 4 is 70.7 Å². The van der Waals surface area contributed by atoms with Crippen molar-refractivity contribution < 1.29 is 31.5 Å². The maximum Gasteiger partial charge on any atom is 1.00 e. The number of rotatable bonds is 13. The summed E-state index contributed by atoms with van der Waals surface area (Å²) in [6.07, 6.45) is 5.01. The molecule has 0 fully saturated rings. The van der Waals surface area contributed by atoms with Gasteiger partial charge in [0.15, 0.2) is 0 Å². The summed E-state index contributed by atoms with van der Waals surface area (Å²) in [5, 5.41) is 0. The first kappa shape index (κ1) is 46.8. The second-order valence-electron chi connectivity index (χ2n) is 10.2. The van der Waals surface area contributed by atoms with Crippen LogP contribution >= 0.6 is 51.2 Å². The van der Waals surface area contributed by atoms with Gasteiger partial charge >= 0.3 is 28.1 Å². The predicted octanol–water partition coefficient (Wildman–Crippen LogP) is 8.41. The largest absolute Gasteiger partial charge is 1.00 e. The van der Waals surface area contributed by atoms with Gasteiger partial charge in [0, 0.05) is 36.4 Å². The van der Waals surface area contributed by atoms with Crippen LogP contribution in [0.3, 0.4) is 0 Å². The Morgan fingerprint density at radius 2 is 1.00 bits per heavy atom. The first-order valence-corrected chi connectivity index (χ1v) is 20.5. The average molecular weight is 732 g/mol. The summed E-state index contributed by atoms with van der Waals surface area (Å²) in [5.74, 6) is 6.75. The van der Waals surface area contributed by atoms with Crippen molar-refractivity contribution in [2.24, 2.45) is 23.7 Å². The summed E-state index contributed by atoms with van der Waals surface area (Å²) < 4.78 is 28.1. The van der Waals surface area contributed by atoms with Gasteiger partial charge in [0.05, 0.1) is 0 Å². The molecule has 0 aromatic heterocycles. The van der Waals surface area contributed by atoms with Crippen molar-refractivity contribution in [3.8, 4) is 0 Å². The molecule has 0 aliphatic carbocycles. The van der Waals surface area contributed by atoms with Gasteiger partial charge in [-0.05, 0) is 54.2 Å². The molecule has 0 heterocycles. The molecule has 42 heavy (non-hydrogen) atoms. The average Bonchev–Trinajstić information content (AvgIpc) is 2.98. The van der Waals surface area contributed by atoms with Crippen molar-refractivity contribution in [1.82, 2.24) is 0 Å². The van der Waals surface area contributed by atoms with Gasteiger partial charge in [0.2, 0.25) is 10.2 Å². The van der Waals surface area contributed by atoms with Gasteiger partial charge in [-0.25, -0.2) is 0 Å². The third-order valence-corrected chi connectivity index (χ3v) is 11.0. The van der Waals surface area contributed by atoms with Crippen LogP contribution in [0.2, 0.25) is 0 Å². The monoisotopic (exact) mass is 730 g/mol. The molecule has 4 atom stereocenters. The minimum atomic E-state index is -2.46. The Morgan fingerprint density at radius 1 is 0.690 bits per heavy atom. The van der Waals surface area contributed by atoms with E-state index in [-0.39, 0.29) is 18.9 Å². The van der Waals surface area contributed by atoms with Crippen LogP contribution in [-0.4, -0.2) is 29.9 Å². The molecule has 3 nitrogen and oxygen atoms in total. The molecule has 0 aliphatic rings. The van der Waals surface area contributed by atoms with Crippen LogP contribution in [0.25, 0.3) is 0 Å². The van der Waals surface area contributed by atoms with E-state index in [0.29, 0.717) is 5.92 Å². The number of halogens is 1. The summed E-state index contributed by atoms with van der Waals surface area (Å²) in [6, 6.07) is 17.5. The molecule has 0 amide bonds. The maximum absolute atomic E-state index is 9.02. The van der Waals surface area contributed by atoms with Crippen LogP contribution in [0.15, 0.2) is 67.7 Å². The molecule has 4 unspecified atom stereocenters. The van der Waals surface area contributed by atoms with Crippen molar-refractivity contribution in [3.63, 3.8) is 0 Å². The van der Waals surface area contributed by atoms with Crippen molar-refractivity contribution in [2.45, 2.75) is 95.8 Å². The van der Waals surface area contributed by atoms with Crippen LogP contribution in [0.4, 0.5) is 0 Å².